The van der Waals surface area contributed by atoms with E-state index >= 15 is 0 Å². The number of hydrogen-bond donors (Lipinski definition) is 0. The Morgan fingerprint density at radius 1 is 1.04 bits per heavy atom. The molecule has 6 heteroatoms. The van der Waals surface area contributed by atoms with Gasteiger partial charge in [0.15, 0.2) is 0 Å². The Morgan fingerprint density at radius 3 is 2.56 bits per heavy atom. The summed E-state index contributed by atoms with van der Waals surface area (Å²) in [5.41, 5.74) is 2.68. The maximum atomic E-state index is 5.91. The Kier molecular flexibility index (Phi) is 4.55. The summed E-state index contributed by atoms with van der Waals surface area (Å²) in [4.78, 5) is 5.90. The Hall–Kier alpha value is -2.18. The lowest BCUT2D eigenvalue weighted by molar-refractivity contribution is 0.173. The van der Waals surface area contributed by atoms with Gasteiger partial charge >= 0.3 is 0 Å². The first-order valence-electron chi connectivity index (χ1n) is 8.64. The first-order valence-corrected chi connectivity index (χ1v) is 9.52. The summed E-state index contributed by atoms with van der Waals surface area (Å²) in [6.07, 6.45) is 0. The summed E-state index contributed by atoms with van der Waals surface area (Å²) in [6, 6.07) is 12.7. The summed E-state index contributed by atoms with van der Waals surface area (Å²) in [6.45, 7) is 8.34. The molecule has 130 valence electrons. The lowest BCUT2D eigenvalue weighted by Gasteiger charge is -2.38. The lowest BCUT2D eigenvalue weighted by atomic mass is 10.1. The van der Waals surface area contributed by atoms with Crippen LogP contribution in [0.2, 0.25) is 0 Å². The number of aryl methyl sites for hydroxylation is 1. The highest BCUT2D eigenvalue weighted by Crippen LogP contribution is 2.28. The van der Waals surface area contributed by atoms with Crippen molar-refractivity contribution in [3.8, 4) is 10.8 Å². The van der Waals surface area contributed by atoms with Crippen LogP contribution >= 0.6 is 11.3 Å². The molecular formula is C19H22N4OS. The van der Waals surface area contributed by atoms with E-state index in [9.17, 15) is 0 Å². The predicted octanol–water partition coefficient (Wildman–Crippen LogP) is 3.99. The fourth-order valence-corrected chi connectivity index (χ4v) is 3.97. The van der Waals surface area contributed by atoms with E-state index in [4.69, 9.17) is 4.42 Å². The highest BCUT2D eigenvalue weighted by molar-refractivity contribution is 7.13. The van der Waals surface area contributed by atoms with Gasteiger partial charge in [-0.25, -0.2) is 0 Å². The number of aromatic nitrogens is 2. The van der Waals surface area contributed by atoms with E-state index < -0.39 is 0 Å². The molecular weight excluding hydrogens is 332 g/mol. The van der Waals surface area contributed by atoms with Gasteiger partial charge in [-0.2, -0.15) is 0 Å². The van der Waals surface area contributed by atoms with Crippen molar-refractivity contribution in [2.24, 2.45) is 0 Å². The molecule has 1 atom stereocenters. The smallest absolute Gasteiger partial charge is 0.257 e. The molecule has 0 radical (unpaired) electrons. The minimum atomic E-state index is 0.139. The molecule has 4 rings (SSSR count). The summed E-state index contributed by atoms with van der Waals surface area (Å²) in [5, 5.41) is 10.5. The molecule has 25 heavy (non-hydrogen) atoms. The average Bonchev–Trinajstić information content (AvgIpc) is 3.33. The second-order valence-corrected chi connectivity index (χ2v) is 7.36. The van der Waals surface area contributed by atoms with Gasteiger partial charge < -0.3 is 9.32 Å². The third kappa shape index (κ3) is 3.32. The Morgan fingerprint density at radius 2 is 1.84 bits per heavy atom. The number of rotatable bonds is 4. The van der Waals surface area contributed by atoms with E-state index in [1.54, 1.807) is 11.3 Å². The third-order valence-electron chi connectivity index (χ3n) is 4.85. The number of anilines is 1. The molecule has 0 bridgehead atoms. The SMILES string of the molecule is Cc1ccccc1N1CCN([C@@H](C)c2nnc(-c3cccs3)o2)CC1. The van der Waals surface area contributed by atoms with Gasteiger partial charge in [0.25, 0.3) is 5.89 Å². The zero-order chi connectivity index (χ0) is 17.2. The predicted molar refractivity (Wildman–Crippen MR) is 101 cm³/mol. The van der Waals surface area contributed by atoms with Crippen LogP contribution in [-0.2, 0) is 0 Å². The largest absolute Gasteiger partial charge is 0.418 e. The Balaban J connectivity index is 1.41. The van der Waals surface area contributed by atoms with Crippen LogP contribution in [0.4, 0.5) is 5.69 Å². The van der Waals surface area contributed by atoms with Crippen LogP contribution in [0.15, 0.2) is 46.2 Å². The number of hydrogen-bond acceptors (Lipinski definition) is 6. The number of nitrogens with zero attached hydrogens (tertiary/aromatic N) is 4. The summed E-state index contributed by atoms with van der Waals surface area (Å²) in [7, 11) is 0. The van der Waals surface area contributed by atoms with Crippen molar-refractivity contribution in [3.63, 3.8) is 0 Å². The van der Waals surface area contributed by atoms with Gasteiger partial charge in [-0.05, 0) is 36.9 Å². The van der Waals surface area contributed by atoms with Gasteiger partial charge in [-0.1, -0.05) is 24.3 Å². The normalized spacial score (nSPS) is 17.0. The van der Waals surface area contributed by atoms with Crippen molar-refractivity contribution in [1.29, 1.82) is 0 Å². The van der Waals surface area contributed by atoms with E-state index in [-0.39, 0.29) is 6.04 Å². The highest BCUT2D eigenvalue weighted by Gasteiger charge is 2.26. The van der Waals surface area contributed by atoms with E-state index in [1.165, 1.54) is 11.3 Å². The fraction of sp³-hybridized carbons (Fsp3) is 0.368. The van der Waals surface area contributed by atoms with E-state index in [0.717, 1.165) is 31.1 Å². The number of piperazine rings is 1. The van der Waals surface area contributed by atoms with Crippen LogP contribution < -0.4 is 4.90 Å². The van der Waals surface area contributed by atoms with Crippen molar-refractivity contribution < 1.29 is 4.42 Å². The molecule has 1 aliphatic heterocycles. The molecule has 1 fully saturated rings. The van der Waals surface area contributed by atoms with Crippen LogP contribution in [0.3, 0.4) is 0 Å². The van der Waals surface area contributed by atoms with E-state index in [2.05, 4.69) is 58.1 Å². The molecule has 0 aliphatic carbocycles. The topological polar surface area (TPSA) is 45.4 Å². The molecule has 2 aromatic heterocycles. The maximum absolute atomic E-state index is 5.91. The van der Waals surface area contributed by atoms with Gasteiger partial charge in [0.05, 0.1) is 10.9 Å². The molecule has 0 amide bonds. The molecule has 1 aromatic carbocycles. The first kappa shape index (κ1) is 16.3. The van der Waals surface area contributed by atoms with Gasteiger partial charge in [0, 0.05) is 31.9 Å². The van der Waals surface area contributed by atoms with Crippen molar-refractivity contribution in [2.75, 3.05) is 31.1 Å². The molecule has 0 unspecified atom stereocenters. The van der Waals surface area contributed by atoms with E-state index in [0.29, 0.717) is 11.8 Å². The minimum absolute atomic E-state index is 0.139. The molecule has 3 aromatic rings. The van der Waals surface area contributed by atoms with Gasteiger partial charge in [-0.3, -0.25) is 4.90 Å². The van der Waals surface area contributed by atoms with Crippen molar-refractivity contribution in [2.45, 2.75) is 19.9 Å². The lowest BCUT2D eigenvalue weighted by Crippen LogP contribution is -2.47. The molecule has 1 aliphatic rings. The molecule has 0 saturated carbocycles. The van der Waals surface area contributed by atoms with Gasteiger partial charge in [0.2, 0.25) is 5.89 Å². The van der Waals surface area contributed by atoms with E-state index in [1.807, 2.05) is 17.5 Å². The van der Waals surface area contributed by atoms with Crippen LogP contribution in [0.5, 0.6) is 0 Å². The third-order valence-corrected chi connectivity index (χ3v) is 5.71. The average molecular weight is 354 g/mol. The van der Waals surface area contributed by atoms with Crippen LogP contribution in [0.1, 0.15) is 24.4 Å². The second kappa shape index (κ2) is 6.98. The van der Waals surface area contributed by atoms with Gasteiger partial charge in [0.1, 0.15) is 0 Å². The van der Waals surface area contributed by atoms with Crippen LogP contribution in [0, 0.1) is 6.92 Å². The summed E-state index contributed by atoms with van der Waals surface area (Å²) < 4.78 is 5.91. The minimum Gasteiger partial charge on any atom is -0.418 e. The molecule has 3 heterocycles. The number of para-hydroxylation sites is 1. The molecule has 1 saturated heterocycles. The molecule has 0 N–H and O–H groups in total. The summed E-state index contributed by atoms with van der Waals surface area (Å²) in [5.74, 6) is 1.32. The highest BCUT2D eigenvalue weighted by atomic mass is 32.1. The first-order chi connectivity index (χ1) is 12.2. The monoisotopic (exact) mass is 354 g/mol. The Bertz CT molecular complexity index is 822. The van der Waals surface area contributed by atoms with Crippen molar-refractivity contribution >= 4 is 17.0 Å². The van der Waals surface area contributed by atoms with Crippen LogP contribution in [-0.4, -0.2) is 41.3 Å². The standard InChI is InChI=1S/C19H22N4OS/c1-14-6-3-4-7-16(14)23-11-9-22(10-12-23)15(2)18-20-21-19(24-18)17-8-5-13-25-17/h3-8,13,15H,9-12H2,1-2H3/t15-/m0/s1. The second-order valence-electron chi connectivity index (χ2n) is 6.41. The summed E-state index contributed by atoms with van der Waals surface area (Å²) >= 11 is 1.62. The molecule has 0 spiro atoms. The fourth-order valence-electron chi connectivity index (χ4n) is 3.33. The number of benzene rings is 1. The van der Waals surface area contributed by atoms with Gasteiger partial charge in [-0.15, -0.1) is 21.5 Å². The quantitative estimate of drug-likeness (QED) is 0.709. The zero-order valence-electron chi connectivity index (χ0n) is 14.6. The Labute approximate surface area is 151 Å². The van der Waals surface area contributed by atoms with Crippen LogP contribution in [0.25, 0.3) is 10.8 Å². The molecule has 5 nitrogen and oxygen atoms in total. The number of thiophene rings is 1. The maximum Gasteiger partial charge on any atom is 0.257 e. The van der Waals surface area contributed by atoms with Crippen molar-refractivity contribution in [3.05, 3.63) is 53.2 Å². The zero-order valence-corrected chi connectivity index (χ0v) is 15.4. The van der Waals surface area contributed by atoms with Crippen molar-refractivity contribution in [1.82, 2.24) is 15.1 Å².